The van der Waals surface area contributed by atoms with E-state index in [4.69, 9.17) is 23.1 Å². The van der Waals surface area contributed by atoms with E-state index in [1.54, 1.807) is 0 Å². The molecule has 2 rings (SSSR count). The number of hydrogen-bond acceptors (Lipinski definition) is 2. The van der Waals surface area contributed by atoms with Crippen molar-refractivity contribution in [1.82, 2.24) is 4.98 Å². The Balaban J connectivity index is 2.65. The fraction of sp³-hybridized carbons (Fsp3) is 0.0556. The molecule has 4 N–H and O–H groups in total. The molecule has 8 heteroatoms. The van der Waals surface area contributed by atoms with Crippen molar-refractivity contribution < 1.29 is 13.6 Å². The summed E-state index contributed by atoms with van der Waals surface area (Å²) in [6, 6.07) is 4.14. The van der Waals surface area contributed by atoms with Crippen molar-refractivity contribution in [2.45, 2.75) is 6.92 Å². The molecule has 0 unspecified atom stereocenters. The van der Waals surface area contributed by atoms with Crippen LogP contribution < -0.4 is 11.5 Å². The van der Waals surface area contributed by atoms with E-state index < -0.39 is 23.5 Å². The van der Waals surface area contributed by atoms with Gasteiger partial charge < -0.3 is 11.5 Å². The Labute approximate surface area is 153 Å². The van der Waals surface area contributed by atoms with Gasteiger partial charge in [-0.2, -0.15) is 4.99 Å². The average Bonchev–Trinajstić information content (AvgIpc) is 2.60. The number of nitrogens with zero attached hydrogens (tertiary/aromatic N) is 2. The van der Waals surface area contributed by atoms with E-state index in [9.17, 15) is 13.6 Å². The highest BCUT2D eigenvalue weighted by Crippen LogP contribution is 2.31. The summed E-state index contributed by atoms with van der Waals surface area (Å²) in [5.74, 6) is -2.26. The number of nitrogens with two attached hydrogens (primary N) is 2. The largest absolute Gasteiger partial charge is 0.370 e. The first-order chi connectivity index (χ1) is 12.2. The Hall–Kier alpha value is -3.06. The molecular formula is C18H15ClF2N4O. The third-order valence-corrected chi connectivity index (χ3v) is 3.77. The Morgan fingerprint density at radius 3 is 2.65 bits per heavy atom. The van der Waals surface area contributed by atoms with Crippen LogP contribution in [0.5, 0.6) is 0 Å². The highest BCUT2D eigenvalue weighted by molar-refractivity contribution is 6.37. The molecule has 26 heavy (non-hydrogen) atoms. The van der Waals surface area contributed by atoms with Gasteiger partial charge in [0.2, 0.25) is 0 Å². The molecule has 1 heterocycles. The molecule has 1 aromatic heterocycles. The van der Waals surface area contributed by atoms with Crippen LogP contribution in [0.3, 0.4) is 0 Å². The summed E-state index contributed by atoms with van der Waals surface area (Å²) < 4.78 is 27.5. The van der Waals surface area contributed by atoms with Crippen molar-refractivity contribution in [3.63, 3.8) is 0 Å². The lowest BCUT2D eigenvalue weighted by atomic mass is 10.0. The van der Waals surface area contributed by atoms with Gasteiger partial charge in [0.1, 0.15) is 11.6 Å². The summed E-state index contributed by atoms with van der Waals surface area (Å²) in [7, 11) is 0. The van der Waals surface area contributed by atoms with Gasteiger partial charge in [-0.05, 0) is 25.1 Å². The second kappa shape index (κ2) is 7.88. The number of rotatable bonds is 4. The van der Waals surface area contributed by atoms with E-state index >= 15 is 0 Å². The van der Waals surface area contributed by atoms with Gasteiger partial charge in [0.25, 0.3) is 5.91 Å². The Bertz CT molecular complexity index is 992. The van der Waals surface area contributed by atoms with Gasteiger partial charge in [-0.3, -0.25) is 9.78 Å². The molecule has 0 aliphatic rings. The molecule has 0 bridgehead atoms. The van der Waals surface area contributed by atoms with E-state index in [0.717, 1.165) is 12.3 Å². The van der Waals surface area contributed by atoms with Gasteiger partial charge in [0.15, 0.2) is 5.96 Å². The maximum atomic E-state index is 14.1. The van der Waals surface area contributed by atoms with Gasteiger partial charge >= 0.3 is 0 Å². The monoisotopic (exact) mass is 376 g/mol. The molecule has 1 amide bonds. The van der Waals surface area contributed by atoms with E-state index in [1.807, 2.05) is 0 Å². The number of aromatic nitrogens is 1. The molecule has 0 aliphatic carbocycles. The minimum Gasteiger partial charge on any atom is -0.370 e. The SMILES string of the molecule is C=C(/C(Cl)=C\C(F)=C/C)c1ncc(F)c2ccc(C(=O)N=C(N)N)cc12. The van der Waals surface area contributed by atoms with Crippen LogP contribution in [0.1, 0.15) is 23.0 Å². The highest BCUT2D eigenvalue weighted by atomic mass is 35.5. The topological polar surface area (TPSA) is 94.4 Å². The summed E-state index contributed by atoms with van der Waals surface area (Å²) in [6.45, 7) is 5.29. The van der Waals surface area contributed by atoms with Crippen molar-refractivity contribution in [3.05, 3.63) is 71.1 Å². The van der Waals surface area contributed by atoms with Gasteiger partial charge in [-0.1, -0.05) is 30.3 Å². The summed E-state index contributed by atoms with van der Waals surface area (Å²) in [5, 5.41) is 0.439. The number of guanidine groups is 1. The molecular weight excluding hydrogens is 362 g/mol. The molecule has 0 atom stereocenters. The van der Waals surface area contributed by atoms with Crippen LogP contribution in [0.4, 0.5) is 8.78 Å². The smallest absolute Gasteiger partial charge is 0.280 e. The normalized spacial score (nSPS) is 12.2. The van der Waals surface area contributed by atoms with Crippen molar-refractivity contribution in [2.24, 2.45) is 16.5 Å². The molecule has 0 radical (unpaired) electrons. The maximum absolute atomic E-state index is 14.1. The zero-order valence-corrected chi connectivity index (χ0v) is 14.5. The van der Waals surface area contributed by atoms with E-state index in [2.05, 4.69) is 16.6 Å². The number of aliphatic imine (C=N–C) groups is 1. The molecule has 1 aromatic carbocycles. The first kappa shape index (κ1) is 19.3. The maximum Gasteiger partial charge on any atom is 0.280 e. The minimum atomic E-state index is -0.700. The summed E-state index contributed by atoms with van der Waals surface area (Å²) in [5.41, 5.74) is 10.9. The fourth-order valence-electron chi connectivity index (χ4n) is 2.17. The average molecular weight is 377 g/mol. The molecule has 2 aromatic rings. The first-order valence-electron chi connectivity index (χ1n) is 7.35. The van der Waals surface area contributed by atoms with Gasteiger partial charge in [-0.25, -0.2) is 8.78 Å². The highest BCUT2D eigenvalue weighted by Gasteiger charge is 2.15. The van der Waals surface area contributed by atoms with Crippen LogP contribution in [0.2, 0.25) is 0 Å². The number of halogens is 3. The van der Waals surface area contributed by atoms with E-state index in [-0.39, 0.29) is 32.6 Å². The standard InChI is InChI=1S/C18H15ClF2N4O/c1-3-11(20)7-14(19)9(2)16-13-6-10(17(26)25-18(22)23)4-5-12(13)15(21)8-24-16/h3-8H,2H2,1H3,(H4,22,23,25,26)/b11-3+,14-7+. The number of hydrogen-bond donors (Lipinski definition) is 2. The lowest BCUT2D eigenvalue weighted by Gasteiger charge is -2.10. The van der Waals surface area contributed by atoms with Crippen LogP contribution in [0.15, 0.2) is 59.0 Å². The minimum absolute atomic E-state index is 0.0121. The third-order valence-electron chi connectivity index (χ3n) is 3.43. The van der Waals surface area contributed by atoms with Crippen molar-refractivity contribution in [1.29, 1.82) is 0 Å². The van der Waals surface area contributed by atoms with Crippen LogP contribution in [0.25, 0.3) is 16.3 Å². The Morgan fingerprint density at radius 1 is 1.35 bits per heavy atom. The summed E-state index contributed by atoms with van der Waals surface area (Å²) in [6.07, 6.45) is 3.28. The molecule has 0 aliphatic heterocycles. The third kappa shape index (κ3) is 4.12. The van der Waals surface area contributed by atoms with Crippen molar-refractivity contribution in [2.75, 3.05) is 0 Å². The molecule has 0 saturated heterocycles. The first-order valence-corrected chi connectivity index (χ1v) is 7.73. The molecule has 0 spiro atoms. The van der Waals surface area contributed by atoms with Crippen LogP contribution >= 0.6 is 11.6 Å². The summed E-state index contributed by atoms with van der Waals surface area (Å²) >= 11 is 6.08. The Kier molecular flexibility index (Phi) is 5.84. The van der Waals surface area contributed by atoms with Gasteiger partial charge in [0, 0.05) is 21.9 Å². The number of carbonyl (C=O) groups excluding carboxylic acids is 1. The Morgan fingerprint density at radius 2 is 2.04 bits per heavy atom. The van der Waals surface area contributed by atoms with Gasteiger partial charge in [-0.15, -0.1) is 0 Å². The second-order valence-electron chi connectivity index (χ2n) is 5.20. The second-order valence-corrected chi connectivity index (χ2v) is 5.61. The van der Waals surface area contributed by atoms with Crippen LogP contribution in [0, 0.1) is 5.82 Å². The number of carbonyl (C=O) groups is 1. The number of pyridine rings is 1. The molecule has 0 saturated carbocycles. The van der Waals surface area contributed by atoms with Crippen molar-refractivity contribution >= 4 is 39.8 Å². The number of benzene rings is 1. The van der Waals surface area contributed by atoms with E-state index in [1.165, 1.54) is 31.2 Å². The predicted octanol–water partition coefficient (Wildman–Crippen LogP) is 3.80. The van der Waals surface area contributed by atoms with Gasteiger partial charge in [0.05, 0.1) is 16.9 Å². The fourth-order valence-corrected chi connectivity index (χ4v) is 2.36. The lowest BCUT2D eigenvalue weighted by Crippen LogP contribution is -2.24. The van der Waals surface area contributed by atoms with Crippen LogP contribution in [-0.4, -0.2) is 16.9 Å². The zero-order valence-electron chi connectivity index (χ0n) is 13.8. The molecule has 134 valence electrons. The summed E-state index contributed by atoms with van der Waals surface area (Å²) in [4.78, 5) is 19.4. The molecule has 0 fully saturated rings. The zero-order chi connectivity index (χ0) is 19.4. The number of fused-ring (bicyclic) bond motifs is 1. The predicted molar refractivity (Wildman–Crippen MR) is 99.7 cm³/mol. The number of allylic oxidation sites excluding steroid dienone is 5. The van der Waals surface area contributed by atoms with Crippen molar-refractivity contribution in [3.8, 4) is 0 Å². The van der Waals surface area contributed by atoms with Crippen LogP contribution in [-0.2, 0) is 0 Å². The number of amides is 1. The molecule has 5 nitrogen and oxygen atoms in total. The quantitative estimate of drug-likeness (QED) is 0.482. The van der Waals surface area contributed by atoms with E-state index in [0.29, 0.717) is 0 Å². The lowest BCUT2D eigenvalue weighted by molar-refractivity contribution is 0.100.